The third-order valence-corrected chi connectivity index (χ3v) is 3.20. The van der Waals surface area contributed by atoms with Crippen LogP contribution in [0.2, 0.25) is 0 Å². The molecule has 0 radical (unpaired) electrons. The molecule has 2 N–H and O–H groups in total. The summed E-state index contributed by atoms with van der Waals surface area (Å²) in [6, 6.07) is 18.8. The number of methoxy groups -OCH3 is 1. The van der Waals surface area contributed by atoms with Crippen molar-refractivity contribution in [3.05, 3.63) is 60.2 Å². The minimum atomic E-state index is 0.400. The lowest BCUT2D eigenvalue weighted by atomic mass is 10.2. The summed E-state index contributed by atoms with van der Waals surface area (Å²) in [6.07, 6.45) is 0. The second kappa shape index (κ2) is 7.56. The van der Waals surface area contributed by atoms with Gasteiger partial charge in [-0.1, -0.05) is 30.3 Å². The smallest absolute Gasteiger partial charge is 0.119 e. The van der Waals surface area contributed by atoms with Crippen LogP contribution in [0.15, 0.2) is 54.6 Å². The normalized spacial score (nSPS) is 11.9. The molecule has 0 aliphatic heterocycles. The quantitative estimate of drug-likeness (QED) is 0.810. The first kappa shape index (κ1) is 14.4. The van der Waals surface area contributed by atoms with Crippen LogP contribution in [0.3, 0.4) is 0 Å². The predicted molar refractivity (Wildman–Crippen MR) is 84.2 cm³/mol. The molecule has 2 aromatic carbocycles. The van der Waals surface area contributed by atoms with E-state index in [0.29, 0.717) is 6.04 Å². The molecule has 0 bridgehead atoms. The lowest BCUT2D eigenvalue weighted by Crippen LogP contribution is -2.32. The van der Waals surface area contributed by atoms with Crippen LogP contribution in [0, 0.1) is 0 Å². The molecule has 0 saturated heterocycles. The van der Waals surface area contributed by atoms with Crippen LogP contribution in [0.5, 0.6) is 5.75 Å². The first-order chi connectivity index (χ1) is 9.78. The van der Waals surface area contributed by atoms with Crippen LogP contribution < -0.4 is 15.4 Å². The molecule has 0 spiro atoms. The third-order valence-electron chi connectivity index (χ3n) is 3.20. The van der Waals surface area contributed by atoms with Crippen molar-refractivity contribution in [2.45, 2.75) is 19.5 Å². The first-order valence-corrected chi connectivity index (χ1v) is 6.93. The summed E-state index contributed by atoms with van der Waals surface area (Å²) in [5.41, 5.74) is 2.42. The number of ether oxygens (including phenoxy) is 1. The summed E-state index contributed by atoms with van der Waals surface area (Å²) in [5.74, 6) is 0.880. The number of hydrogen-bond acceptors (Lipinski definition) is 3. The van der Waals surface area contributed by atoms with Gasteiger partial charge in [-0.2, -0.15) is 0 Å². The molecule has 2 aromatic rings. The Bertz CT molecular complexity index is 496. The van der Waals surface area contributed by atoms with E-state index in [0.717, 1.165) is 24.5 Å². The van der Waals surface area contributed by atoms with E-state index < -0.39 is 0 Å². The first-order valence-electron chi connectivity index (χ1n) is 6.93. The highest BCUT2D eigenvalue weighted by Crippen LogP contribution is 2.14. The summed E-state index contributed by atoms with van der Waals surface area (Å²) in [7, 11) is 1.68. The summed E-state index contributed by atoms with van der Waals surface area (Å²) in [4.78, 5) is 0. The molecule has 2 rings (SSSR count). The lowest BCUT2D eigenvalue weighted by Gasteiger charge is -2.15. The fourth-order valence-corrected chi connectivity index (χ4v) is 1.94. The topological polar surface area (TPSA) is 33.3 Å². The molecule has 0 aliphatic rings. The number of benzene rings is 2. The maximum Gasteiger partial charge on any atom is 0.119 e. The average Bonchev–Trinajstić information content (AvgIpc) is 2.52. The van der Waals surface area contributed by atoms with Crippen LogP contribution >= 0.6 is 0 Å². The molecule has 0 aliphatic carbocycles. The standard InChI is InChI=1S/C17H22N2O/c1-14(18-13-15-6-4-3-5-7-15)12-19-16-8-10-17(20-2)11-9-16/h3-11,14,18-19H,12-13H2,1-2H3/t14-/m0/s1. The molecule has 0 amide bonds. The van der Waals surface area contributed by atoms with E-state index in [4.69, 9.17) is 4.74 Å². The summed E-state index contributed by atoms with van der Waals surface area (Å²) >= 11 is 0. The molecular formula is C17H22N2O. The molecule has 0 unspecified atom stereocenters. The highest BCUT2D eigenvalue weighted by Gasteiger charge is 2.01. The lowest BCUT2D eigenvalue weighted by molar-refractivity contribution is 0.415. The van der Waals surface area contributed by atoms with Crippen molar-refractivity contribution in [3.8, 4) is 5.75 Å². The van der Waals surface area contributed by atoms with Gasteiger partial charge in [0, 0.05) is 24.8 Å². The molecule has 0 fully saturated rings. The second-order valence-corrected chi connectivity index (χ2v) is 4.88. The van der Waals surface area contributed by atoms with Gasteiger partial charge in [-0.15, -0.1) is 0 Å². The zero-order valence-corrected chi connectivity index (χ0v) is 12.1. The minimum absolute atomic E-state index is 0.400. The zero-order chi connectivity index (χ0) is 14.2. The van der Waals surface area contributed by atoms with Gasteiger partial charge in [-0.3, -0.25) is 0 Å². The van der Waals surface area contributed by atoms with Gasteiger partial charge in [0.2, 0.25) is 0 Å². The van der Waals surface area contributed by atoms with Gasteiger partial charge in [-0.25, -0.2) is 0 Å². The van der Waals surface area contributed by atoms with E-state index in [1.54, 1.807) is 7.11 Å². The largest absolute Gasteiger partial charge is 0.497 e. The molecule has 1 atom stereocenters. The van der Waals surface area contributed by atoms with Gasteiger partial charge < -0.3 is 15.4 Å². The molecule has 3 nitrogen and oxygen atoms in total. The minimum Gasteiger partial charge on any atom is -0.497 e. The van der Waals surface area contributed by atoms with Crippen molar-refractivity contribution in [2.75, 3.05) is 19.0 Å². The highest BCUT2D eigenvalue weighted by molar-refractivity contribution is 5.46. The maximum absolute atomic E-state index is 5.14. The molecule has 0 saturated carbocycles. The molecule has 3 heteroatoms. The van der Waals surface area contributed by atoms with Crippen molar-refractivity contribution >= 4 is 5.69 Å². The molecule has 20 heavy (non-hydrogen) atoms. The molecule has 0 aromatic heterocycles. The average molecular weight is 270 g/mol. The number of anilines is 1. The fraction of sp³-hybridized carbons (Fsp3) is 0.294. The summed E-state index contributed by atoms with van der Waals surface area (Å²) in [6.45, 7) is 3.96. The van der Waals surface area contributed by atoms with Crippen molar-refractivity contribution in [2.24, 2.45) is 0 Å². The van der Waals surface area contributed by atoms with Crippen molar-refractivity contribution in [1.82, 2.24) is 5.32 Å². The van der Waals surface area contributed by atoms with E-state index in [2.05, 4.69) is 41.8 Å². The Kier molecular flexibility index (Phi) is 5.44. The van der Waals surface area contributed by atoms with E-state index in [-0.39, 0.29) is 0 Å². The molecular weight excluding hydrogens is 248 g/mol. The Morgan fingerprint density at radius 3 is 2.35 bits per heavy atom. The van der Waals surface area contributed by atoms with Gasteiger partial charge in [0.25, 0.3) is 0 Å². The Balaban J connectivity index is 1.73. The monoisotopic (exact) mass is 270 g/mol. The van der Waals surface area contributed by atoms with E-state index in [9.17, 15) is 0 Å². The number of hydrogen-bond donors (Lipinski definition) is 2. The SMILES string of the molecule is COc1ccc(NC[C@H](C)NCc2ccccc2)cc1. The Hall–Kier alpha value is -2.00. The van der Waals surface area contributed by atoms with Crippen LogP contribution in [0.1, 0.15) is 12.5 Å². The van der Waals surface area contributed by atoms with Gasteiger partial charge >= 0.3 is 0 Å². The zero-order valence-electron chi connectivity index (χ0n) is 12.1. The summed E-state index contributed by atoms with van der Waals surface area (Å²) in [5, 5.41) is 6.92. The van der Waals surface area contributed by atoms with Crippen molar-refractivity contribution in [3.63, 3.8) is 0 Å². The predicted octanol–water partition coefficient (Wildman–Crippen LogP) is 3.29. The maximum atomic E-state index is 5.14. The summed E-state index contributed by atoms with van der Waals surface area (Å²) < 4.78 is 5.14. The number of rotatable bonds is 7. The highest BCUT2D eigenvalue weighted by atomic mass is 16.5. The van der Waals surface area contributed by atoms with Gasteiger partial charge in [0.1, 0.15) is 5.75 Å². The van der Waals surface area contributed by atoms with E-state index in [1.165, 1.54) is 5.56 Å². The van der Waals surface area contributed by atoms with Gasteiger partial charge in [0.15, 0.2) is 0 Å². The van der Waals surface area contributed by atoms with E-state index >= 15 is 0 Å². The fourth-order valence-electron chi connectivity index (χ4n) is 1.94. The van der Waals surface area contributed by atoms with Gasteiger partial charge in [0.05, 0.1) is 7.11 Å². The van der Waals surface area contributed by atoms with Crippen molar-refractivity contribution in [1.29, 1.82) is 0 Å². The number of nitrogens with one attached hydrogen (secondary N) is 2. The second-order valence-electron chi connectivity index (χ2n) is 4.88. The Morgan fingerprint density at radius 2 is 1.70 bits per heavy atom. The van der Waals surface area contributed by atoms with Crippen molar-refractivity contribution < 1.29 is 4.74 Å². The molecule has 0 heterocycles. The van der Waals surface area contributed by atoms with Crippen LogP contribution in [-0.4, -0.2) is 19.7 Å². The van der Waals surface area contributed by atoms with Crippen LogP contribution in [0.25, 0.3) is 0 Å². The van der Waals surface area contributed by atoms with Crippen LogP contribution in [0.4, 0.5) is 5.69 Å². The third kappa shape index (κ3) is 4.59. The Morgan fingerprint density at radius 1 is 1.00 bits per heavy atom. The van der Waals surface area contributed by atoms with E-state index in [1.807, 2.05) is 30.3 Å². The van der Waals surface area contributed by atoms with Crippen LogP contribution in [-0.2, 0) is 6.54 Å². The molecule has 106 valence electrons. The van der Waals surface area contributed by atoms with Gasteiger partial charge in [-0.05, 0) is 36.8 Å². The Labute approximate surface area is 121 Å².